The smallest absolute Gasteiger partial charge is 0.328 e. The lowest BCUT2D eigenvalue weighted by atomic mass is 10.0. The van der Waals surface area contributed by atoms with Crippen molar-refractivity contribution < 1.29 is 19.6 Å². The summed E-state index contributed by atoms with van der Waals surface area (Å²) in [5.41, 5.74) is 1.84. The van der Waals surface area contributed by atoms with Crippen molar-refractivity contribution >= 4 is 29.5 Å². The number of hydrogen-bond donors (Lipinski definition) is 2. The van der Waals surface area contributed by atoms with E-state index in [0.29, 0.717) is 28.9 Å². The number of unbranched alkanes of at least 4 members (excludes halogenated alkanes) is 4. The van der Waals surface area contributed by atoms with Gasteiger partial charge in [0.05, 0.1) is 10.5 Å². The fourth-order valence-corrected chi connectivity index (χ4v) is 3.26. The zero-order chi connectivity index (χ0) is 23.5. The Kier molecular flexibility index (Phi) is 9.41. The molecule has 0 aromatic heterocycles. The third kappa shape index (κ3) is 7.23. The summed E-state index contributed by atoms with van der Waals surface area (Å²) in [7, 11) is 1.65. The molecule has 2 aromatic rings. The summed E-state index contributed by atoms with van der Waals surface area (Å²) in [6.45, 7) is 2.76. The number of carboxylic acid groups (broad SMARTS) is 1. The van der Waals surface area contributed by atoms with E-state index in [4.69, 9.17) is 5.11 Å². The van der Waals surface area contributed by atoms with Gasteiger partial charge in [0.1, 0.15) is 0 Å². The second-order valence-corrected chi connectivity index (χ2v) is 7.46. The van der Waals surface area contributed by atoms with Crippen molar-refractivity contribution in [3.63, 3.8) is 0 Å². The highest BCUT2D eigenvalue weighted by atomic mass is 16.6. The van der Waals surface area contributed by atoms with Gasteiger partial charge in [-0.3, -0.25) is 15.0 Å². The van der Waals surface area contributed by atoms with Crippen LogP contribution in [0.3, 0.4) is 0 Å². The molecule has 0 heterocycles. The van der Waals surface area contributed by atoms with Crippen molar-refractivity contribution in [2.45, 2.75) is 39.0 Å². The molecule has 0 unspecified atom stereocenters. The fraction of sp³-hybridized carbons (Fsp3) is 0.333. The first kappa shape index (κ1) is 24.6. The Labute approximate surface area is 187 Å². The average Bonchev–Trinajstić information content (AvgIpc) is 2.79. The predicted molar refractivity (Wildman–Crippen MR) is 126 cm³/mol. The summed E-state index contributed by atoms with van der Waals surface area (Å²) >= 11 is 0. The second-order valence-electron chi connectivity index (χ2n) is 7.46. The van der Waals surface area contributed by atoms with Crippen LogP contribution in [0, 0.1) is 10.1 Å². The molecule has 0 bridgehead atoms. The van der Waals surface area contributed by atoms with Gasteiger partial charge in [0, 0.05) is 31.4 Å². The largest absolute Gasteiger partial charge is 0.478 e. The van der Waals surface area contributed by atoms with Gasteiger partial charge in [-0.1, -0.05) is 50.8 Å². The van der Waals surface area contributed by atoms with Crippen LogP contribution in [-0.4, -0.2) is 35.6 Å². The maximum Gasteiger partial charge on any atom is 0.328 e. The van der Waals surface area contributed by atoms with Crippen molar-refractivity contribution in [2.75, 3.05) is 18.5 Å². The van der Waals surface area contributed by atoms with E-state index in [9.17, 15) is 19.7 Å². The van der Waals surface area contributed by atoms with Crippen LogP contribution in [0.1, 0.15) is 44.6 Å². The van der Waals surface area contributed by atoms with Crippen molar-refractivity contribution in [2.24, 2.45) is 0 Å². The van der Waals surface area contributed by atoms with Gasteiger partial charge in [-0.05, 0) is 41.8 Å². The van der Waals surface area contributed by atoms with Gasteiger partial charge in [0.2, 0.25) is 0 Å². The highest BCUT2D eigenvalue weighted by molar-refractivity contribution is 5.92. The monoisotopic (exact) mass is 439 g/mol. The first-order valence-corrected chi connectivity index (χ1v) is 10.6. The molecule has 0 saturated heterocycles. The molecule has 2 amide bonds. The molecule has 0 aliphatic rings. The zero-order valence-electron chi connectivity index (χ0n) is 18.4. The number of hydrogen-bond acceptors (Lipinski definition) is 4. The molecule has 0 spiro atoms. The quantitative estimate of drug-likeness (QED) is 0.208. The molecule has 0 saturated carbocycles. The third-order valence-electron chi connectivity index (χ3n) is 5.04. The van der Waals surface area contributed by atoms with Crippen molar-refractivity contribution in [3.05, 3.63) is 64.2 Å². The molecule has 2 aromatic carbocycles. The molecule has 2 rings (SSSR count). The minimum atomic E-state index is -1.13. The Hall–Kier alpha value is -3.68. The molecule has 0 radical (unpaired) electrons. The molecule has 0 aliphatic carbocycles. The highest BCUT2D eigenvalue weighted by Crippen LogP contribution is 2.33. The Morgan fingerprint density at radius 1 is 1.12 bits per heavy atom. The van der Waals surface area contributed by atoms with Crippen LogP contribution in [0.4, 0.5) is 16.2 Å². The molecule has 170 valence electrons. The van der Waals surface area contributed by atoms with Crippen molar-refractivity contribution in [3.8, 4) is 11.1 Å². The van der Waals surface area contributed by atoms with Gasteiger partial charge < -0.3 is 10.4 Å². The molecular formula is C24H29N3O5. The van der Waals surface area contributed by atoms with Crippen LogP contribution in [0.5, 0.6) is 0 Å². The van der Waals surface area contributed by atoms with Gasteiger partial charge in [-0.15, -0.1) is 0 Å². The number of anilines is 1. The fourth-order valence-electron chi connectivity index (χ4n) is 3.26. The molecule has 8 heteroatoms. The van der Waals surface area contributed by atoms with Crippen LogP contribution in [0.25, 0.3) is 17.2 Å². The Morgan fingerprint density at radius 2 is 1.88 bits per heavy atom. The molecular weight excluding hydrogens is 410 g/mol. The number of nitro groups is 1. The lowest BCUT2D eigenvalue weighted by Gasteiger charge is -2.19. The minimum absolute atomic E-state index is 0.145. The maximum atomic E-state index is 12.5. The van der Waals surface area contributed by atoms with E-state index in [1.54, 1.807) is 43.4 Å². The second kappa shape index (κ2) is 12.2. The first-order valence-electron chi connectivity index (χ1n) is 10.6. The lowest BCUT2D eigenvalue weighted by Crippen LogP contribution is -2.37. The number of benzene rings is 2. The van der Waals surface area contributed by atoms with E-state index in [-0.39, 0.29) is 11.7 Å². The van der Waals surface area contributed by atoms with Gasteiger partial charge in [-0.2, -0.15) is 0 Å². The van der Waals surface area contributed by atoms with E-state index < -0.39 is 10.9 Å². The molecule has 32 heavy (non-hydrogen) atoms. The number of nitrogens with zero attached hydrogens (tertiary/aromatic N) is 2. The Balaban J connectivity index is 2.17. The normalized spacial score (nSPS) is 10.8. The van der Waals surface area contributed by atoms with E-state index in [1.165, 1.54) is 29.9 Å². The number of aliphatic carboxylic acids is 1. The van der Waals surface area contributed by atoms with Gasteiger partial charge in [0.25, 0.3) is 5.69 Å². The predicted octanol–water partition coefficient (Wildman–Crippen LogP) is 5.48. The SMILES string of the molecule is CCCCCCCNC(=O)N(C)c1cccc(-c2ccc(/C=C/C(=O)O)cc2[N+](=O)[O-])c1. The average molecular weight is 440 g/mol. The standard InChI is InChI=1S/C24H29N3O5/c1-3-4-5-6-7-15-25-24(30)26(2)20-10-8-9-19(17-20)21-13-11-18(12-14-23(28)29)16-22(21)27(31)32/h8-14,16-17H,3-7,15H2,1-2H3,(H,25,30)(H,28,29)/b14-12+. The van der Waals surface area contributed by atoms with Crippen LogP contribution in [0.15, 0.2) is 48.5 Å². The molecule has 2 N–H and O–H groups in total. The molecule has 0 fully saturated rings. The summed E-state index contributed by atoms with van der Waals surface area (Å²) in [6, 6.07) is 11.2. The van der Waals surface area contributed by atoms with Gasteiger partial charge in [-0.25, -0.2) is 9.59 Å². The van der Waals surface area contributed by atoms with Crippen LogP contribution in [-0.2, 0) is 4.79 Å². The summed E-state index contributed by atoms with van der Waals surface area (Å²) in [5, 5.41) is 23.3. The van der Waals surface area contributed by atoms with Crippen LogP contribution >= 0.6 is 0 Å². The number of urea groups is 1. The lowest BCUT2D eigenvalue weighted by molar-refractivity contribution is -0.384. The van der Waals surface area contributed by atoms with E-state index in [0.717, 1.165) is 25.3 Å². The number of nitro benzene ring substituents is 1. The van der Waals surface area contributed by atoms with E-state index >= 15 is 0 Å². The van der Waals surface area contributed by atoms with Crippen molar-refractivity contribution in [1.82, 2.24) is 5.32 Å². The minimum Gasteiger partial charge on any atom is -0.478 e. The van der Waals surface area contributed by atoms with Crippen LogP contribution in [0.2, 0.25) is 0 Å². The Bertz CT molecular complexity index is 987. The molecule has 8 nitrogen and oxygen atoms in total. The summed E-state index contributed by atoms with van der Waals surface area (Å²) in [4.78, 5) is 35.8. The maximum absolute atomic E-state index is 12.5. The molecule has 0 atom stereocenters. The van der Waals surface area contributed by atoms with E-state index in [2.05, 4.69) is 12.2 Å². The third-order valence-corrected chi connectivity index (χ3v) is 5.04. The highest BCUT2D eigenvalue weighted by Gasteiger charge is 2.17. The summed E-state index contributed by atoms with van der Waals surface area (Å²) < 4.78 is 0. The van der Waals surface area contributed by atoms with Crippen molar-refractivity contribution in [1.29, 1.82) is 0 Å². The van der Waals surface area contributed by atoms with Crippen LogP contribution < -0.4 is 10.2 Å². The van der Waals surface area contributed by atoms with E-state index in [1.807, 2.05) is 0 Å². The number of nitrogens with one attached hydrogen (secondary N) is 1. The number of carbonyl (C=O) groups is 2. The Morgan fingerprint density at radius 3 is 2.56 bits per heavy atom. The van der Waals surface area contributed by atoms with Gasteiger partial charge >= 0.3 is 12.0 Å². The number of amides is 2. The summed E-state index contributed by atoms with van der Waals surface area (Å²) in [6.07, 6.45) is 7.76. The number of carbonyl (C=O) groups excluding carboxylic acids is 1. The number of carboxylic acids is 1. The topological polar surface area (TPSA) is 113 Å². The zero-order valence-corrected chi connectivity index (χ0v) is 18.4. The first-order chi connectivity index (χ1) is 15.3. The van der Waals surface area contributed by atoms with Gasteiger partial charge in [0.15, 0.2) is 0 Å². The summed E-state index contributed by atoms with van der Waals surface area (Å²) in [5.74, 6) is -1.13. The molecule has 0 aliphatic heterocycles. The number of rotatable bonds is 11.